The Morgan fingerprint density at radius 2 is 1.94 bits per heavy atom. The molecule has 8 nitrogen and oxygen atoms in total. The van der Waals surface area contributed by atoms with Crippen LogP contribution in [0.25, 0.3) is 0 Å². The average Bonchev–Trinajstić information content (AvgIpc) is 2.77. The van der Waals surface area contributed by atoms with Crippen molar-refractivity contribution >= 4 is 34.8 Å². The number of carbonyl (C=O) groups is 1. The maximum Gasteiger partial charge on any atom is 0.288 e. The molecule has 0 bridgehead atoms. The van der Waals surface area contributed by atoms with Crippen LogP contribution in [0.1, 0.15) is 65.3 Å². The fraction of sp³-hybridized carbons (Fsp3) is 0.625. The van der Waals surface area contributed by atoms with E-state index in [0.717, 1.165) is 11.1 Å². The Labute approximate surface area is 210 Å². The van der Waals surface area contributed by atoms with E-state index in [9.17, 15) is 9.59 Å². The highest BCUT2D eigenvalue weighted by Gasteiger charge is 2.43. The lowest BCUT2D eigenvalue weighted by Gasteiger charge is -2.50. The molecule has 2 aromatic heterocycles. The molecule has 5 atom stereocenters. The normalized spacial score (nSPS) is 25.0. The minimum absolute atomic E-state index is 0.0326. The van der Waals surface area contributed by atoms with E-state index < -0.39 is 17.5 Å². The van der Waals surface area contributed by atoms with Crippen molar-refractivity contribution in [1.82, 2.24) is 25.3 Å². The number of carbonyl (C=O) groups excluding carboxylic acids is 1. The van der Waals surface area contributed by atoms with E-state index in [1.165, 1.54) is 6.20 Å². The summed E-state index contributed by atoms with van der Waals surface area (Å²) in [6.45, 7) is 14.7. The smallest absolute Gasteiger partial charge is 0.288 e. The van der Waals surface area contributed by atoms with Gasteiger partial charge in [-0.05, 0) is 49.5 Å². The van der Waals surface area contributed by atoms with Gasteiger partial charge in [-0.1, -0.05) is 57.8 Å². The summed E-state index contributed by atoms with van der Waals surface area (Å²) in [5, 5.41) is 18.5. The fourth-order valence-corrected chi connectivity index (χ4v) is 5.20. The molecule has 3 rings (SSSR count). The quantitative estimate of drug-likeness (QED) is 0.588. The number of nitrogens with zero attached hydrogens (tertiary/aromatic N) is 4. The van der Waals surface area contributed by atoms with Crippen molar-refractivity contribution in [3.63, 3.8) is 0 Å². The molecule has 34 heavy (non-hydrogen) atoms. The van der Waals surface area contributed by atoms with Gasteiger partial charge in [0.2, 0.25) is 5.91 Å². The number of halogens is 2. The summed E-state index contributed by atoms with van der Waals surface area (Å²) in [7, 11) is 0. The first-order valence-corrected chi connectivity index (χ1v) is 12.4. The van der Waals surface area contributed by atoms with Crippen molar-refractivity contribution in [1.29, 1.82) is 0 Å². The Bertz CT molecular complexity index is 1120. The van der Waals surface area contributed by atoms with Gasteiger partial charge in [0.05, 0.1) is 23.6 Å². The topological polar surface area (TPSA) is 102 Å². The van der Waals surface area contributed by atoms with Gasteiger partial charge in [0.25, 0.3) is 5.56 Å². The van der Waals surface area contributed by atoms with Crippen LogP contribution in [0.4, 0.5) is 5.69 Å². The second-order valence-corrected chi connectivity index (χ2v) is 10.9. The first kappa shape index (κ1) is 26.4. The van der Waals surface area contributed by atoms with Gasteiger partial charge in [0, 0.05) is 11.6 Å². The first-order chi connectivity index (χ1) is 15.8. The van der Waals surface area contributed by atoms with Crippen molar-refractivity contribution < 1.29 is 4.79 Å². The minimum Gasteiger partial charge on any atom is -0.379 e. The van der Waals surface area contributed by atoms with Gasteiger partial charge in [0.15, 0.2) is 5.15 Å². The summed E-state index contributed by atoms with van der Waals surface area (Å²) in [4.78, 5) is 25.4. The monoisotopic (exact) mass is 508 g/mol. The maximum atomic E-state index is 12.8. The second-order valence-electron chi connectivity index (χ2n) is 10.2. The molecular formula is C24H34Cl2N6O2. The zero-order valence-corrected chi connectivity index (χ0v) is 22.3. The van der Waals surface area contributed by atoms with E-state index in [2.05, 4.69) is 60.5 Å². The van der Waals surface area contributed by atoms with Crippen LogP contribution in [-0.2, 0) is 11.3 Å². The van der Waals surface area contributed by atoms with Gasteiger partial charge in [-0.3, -0.25) is 9.59 Å². The SMILES string of the molecule is Cc1cc(C(C)NC(=O)Cn2ncc(N[C@@H]3C[C@H](C)C(C)(C)[C@H](C)[C@H]3C)c(Cl)c2=O)c(Cl)nn1. The first-order valence-electron chi connectivity index (χ1n) is 11.6. The van der Waals surface area contributed by atoms with Gasteiger partial charge in [-0.2, -0.15) is 10.2 Å². The Morgan fingerprint density at radius 1 is 1.26 bits per heavy atom. The number of nitrogens with one attached hydrogen (secondary N) is 2. The van der Waals surface area contributed by atoms with Crippen LogP contribution in [0.2, 0.25) is 10.2 Å². The van der Waals surface area contributed by atoms with Gasteiger partial charge in [-0.15, -0.1) is 5.10 Å². The molecule has 186 valence electrons. The lowest BCUT2D eigenvalue weighted by molar-refractivity contribution is -0.122. The average molecular weight is 509 g/mol. The third-order valence-corrected chi connectivity index (χ3v) is 8.49. The number of anilines is 1. The Kier molecular flexibility index (Phi) is 7.92. The molecule has 0 radical (unpaired) electrons. The molecule has 10 heteroatoms. The van der Waals surface area contributed by atoms with Crippen LogP contribution in [-0.4, -0.2) is 31.9 Å². The minimum atomic E-state index is -0.515. The number of hydrogen-bond acceptors (Lipinski definition) is 6. The van der Waals surface area contributed by atoms with Crippen LogP contribution in [0.5, 0.6) is 0 Å². The molecule has 1 fully saturated rings. The molecule has 1 aliphatic carbocycles. The van der Waals surface area contributed by atoms with Crippen molar-refractivity contribution in [2.75, 3.05) is 5.32 Å². The molecule has 2 N–H and O–H groups in total. The number of hydrogen-bond donors (Lipinski definition) is 2. The van der Waals surface area contributed by atoms with E-state index in [0.29, 0.717) is 34.7 Å². The van der Waals surface area contributed by atoms with Crippen LogP contribution in [0.15, 0.2) is 17.1 Å². The number of aromatic nitrogens is 4. The van der Waals surface area contributed by atoms with E-state index in [1.807, 2.05) is 0 Å². The van der Waals surface area contributed by atoms with Crippen molar-refractivity contribution in [3.05, 3.63) is 44.1 Å². The second kappa shape index (κ2) is 10.2. The number of rotatable bonds is 6. The molecule has 0 aromatic carbocycles. The van der Waals surface area contributed by atoms with Crippen LogP contribution in [0.3, 0.4) is 0 Å². The zero-order chi connectivity index (χ0) is 25.4. The van der Waals surface area contributed by atoms with Gasteiger partial charge in [0.1, 0.15) is 11.6 Å². The predicted molar refractivity (Wildman–Crippen MR) is 135 cm³/mol. The molecule has 1 aliphatic rings. The van der Waals surface area contributed by atoms with Gasteiger partial charge >= 0.3 is 0 Å². The van der Waals surface area contributed by atoms with Crippen molar-refractivity contribution in [2.24, 2.45) is 23.2 Å². The highest BCUT2D eigenvalue weighted by atomic mass is 35.5. The standard InChI is InChI=1S/C24H34Cl2N6O2/c1-12-8-18(14(3)15(4)24(12,6)7)29-19-10-27-32(23(34)21(19)25)11-20(33)28-16(5)17-9-13(2)30-31-22(17)26/h9-10,12,14-16,18,29H,8,11H2,1-7H3,(H,28,33)/t12-,14+,15+,16?,18+/m0/s1. The Balaban J connectivity index is 1.70. The van der Waals surface area contributed by atoms with E-state index >= 15 is 0 Å². The predicted octanol–water partition coefficient (Wildman–Crippen LogP) is 4.64. The van der Waals surface area contributed by atoms with Crippen LogP contribution in [0, 0.1) is 30.1 Å². The summed E-state index contributed by atoms with van der Waals surface area (Å²) in [6, 6.07) is 1.53. The number of amides is 1. The van der Waals surface area contributed by atoms with Crippen molar-refractivity contribution in [3.8, 4) is 0 Å². The molecule has 1 amide bonds. The molecular weight excluding hydrogens is 475 g/mol. The fourth-order valence-electron chi connectivity index (χ4n) is 4.74. The Hall–Kier alpha value is -2.19. The Morgan fingerprint density at radius 3 is 2.62 bits per heavy atom. The third-order valence-electron chi connectivity index (χ3n) is 7.84. The van der Waals surface area contributed by atoms with E-state index in [1.54, 1.807) is 19.9 Å². The highest BCUT2D eigenvalue weighted by Crippen LogP contribution is 2.48. The molecule has 1 saturated carbocycles. The van der Waals surface area contributed by atoms with Crippen LogP contribution >= 0.6 is 23.2 Å². The lowest BCUT2D eigenvalue weighted by Crippen LogP contribution is -2.48. The van der Waals surface area contributed by atoms with E-state index in [4.69, 9.17) is 23.2 Å². The molecule has 1 unspecified atom stereocenters. The molecule has 2 aromatic rings. The molecule has 2 heterocycles. The summed E-state index contributed by atoms with van der Waals surface area (Å²) in [5.74, 6) is 1.02. The summed E-state index contributed by atoms with van der Waals surface area (Å²) < 4.78 is 1.06. The van der Waals surface area contributed by atoms with Gasteiger partial charge < -0.3 is 10.6 Å². The molecule has 0 aliphatic heterocycles. The summed E-state index contributed by atoms with van der Waals surface area (Å²) in [6.07, 6.45) is 2.50. The molecule has 0 spiro atoms. The lowest BCUT2D eigenvalue weighted by atomic mass is 9.58. The third kappa shape index (κ3) is 5.38. The summed E-state index contributed by atoms with van der Waals surface area (Å²) >= 11 is 12.5. The highest BCUT2D eigenvalue weighted by molar-refractivity contribution is 6.33. The summed E-state index contributed by atoms with van der Waals surface area (Å²) in [5.41, 5.74) is 1.56. The van der Waals surface area contributed by atoms with Crippen molar-refractivity contribution in [2.45, 2.75) is 73.5 Å². The maximum absolute atomic E-state index is 12.8. The van der Waals surface area contributed by atoms with Crippen LogP contribution < -0.4 is 16.2 Å². The van der Waals surface area contributed by atoms with Gasteiger partial charge in [-0.25, -0.2) is 4.68 Å². The number of aryl methyl sites for hydroxylation is 1. The largest absolute Gasteiger partial charge is 0.379 e. The molecule has 0 saturated heterocycles. The zero-order valence-electron chi connectivity index (χ0n) is 20.8. The van der Waals surface area contributed by atoms with E-state index in [-0.39, 0.29) is 28.2 Å².